The zero-order chi connectivity index (χ0) is 24.7. The van der Waals surface area contributed by atoms with Gasteiger partial charge in [0, 0.05) is 11.8 Å². The normalized spacial score (nSPS) is 12.0. The number of hydrogen-bond acceptors (Lipinski definition) is 1. The third kappa shape index (κ3) is 6.78. The summed E-state index contributed by atoms with van der Waals surface area (Å²) in [4.78, 5) is 4.84. The first-order valence-electron chi connectivity index (χ1n) is 12.0. The molecule has 0 aliphatic rings. The van der Waals surface area contributed by atoms with E-state index in [4.69, 9.17) is 4.99 Å². The fourth-order valence-corrected chi connectivity index (χ4v) is 4.15. The van der Waals surface area contributed by atoms with Crippen molar-refractivity contribution < 1.29 is 0 Å². The van der Waals surface area contributed by atoms with Gasteiger partial charge in [-0.2, -0.15) is 0 Å². The molecule has 0 bridgehead atoms. The van der Waals surface area contributed by atoms with Gasteiger partial charge in [-0.25, -0.2) is 0 Å². The third-order valence-electron chi connectivity index (χ3n) is 6.18. The molecule has 0 spiro atoms. The van der Waals surface area contributed by atoms with Crippen molar-refractivity contribution in [3.8, 4) is 0 Å². The van der Waals surface area contributed by atoms with E-state index < -0.39 is 0 Å². The first-order valence-corrected chi connectivity index (χ1v) is 12.0. The van der Waals surface area contributed by atoms with E-state index in [0.29, 0.717) is 6.54 Å². The van der Waals surface area contributed by atoms with Gasteiger partial charge in [-0.3, -0.25) is 4.99 Å². The number of nitrogens with zero attached hydrogens (tertiary/aromatic N) is 1. The van der Waals surface area contributed by atoms with Gasteiger partial charge < -0.3 is 0 Å². The fourth-order valence-electron chi connectivity index (χ4n) is 4.15. The number of hydrogen-bond donors (Lipinski definition) is 0. The van der Waals surface area contributed by atoms with E-state index in [1.54, 1.807) is 0 Å². The van der Waals surface area contributed by atoms with Crippen LogP contribution < -0.4 is 0 Å². The van der Waals surface area contributed by atoms with E-state index in [-0.39, 0.29) is 0 Å². The zero-order valence-corrected chi connectivity index (χ0v) is 21.4. The summed E-state index contributed by atoms with van der Waals surface area (Å²) in [5.41, 5.74) is 13.2. The Morgan fingerprint density at radius 1 is 0.765 bits per heavy atom. The fraction of sp³-hybridized carbons (Fsp3) is 0.242. The van der Waals surface area contributed by atoms with Crippen molar-refractivity contribution in [3.05, 3.63) is 130 Å². The van der Waals surface area contributed by atoms with E-state index in [9.17, 15) is 0 Å². The summed E-state index contributed by atoms with van der Waals surface area (Å²) in [7, 11) is 0. The van der Waals surface area contributed by atoms with Gasteiger partial charge in [0.25, 0.3) is 0 Å². The number of benzene rings is 3. The second-order valence-electron chi connectivity index (χ2n) is 9.45. The Hall–Kier alpha value is -3.45. The molecule has 0 radical (unpaired) electrons. The van der Waals surface area contributed by atoms with Gasteiger partial charge in [0.15, 0.2) is 0 Å². The molecule has 0 saturated carbocycles. The quantitative estimate of drug-likeness (QED) is 0.135. The minimum Gasteiger partial charge on any atom is -0.288 e. The molecule has 0 fully saturated rings. The third-order valence-corrected chi connectivity index (χ3v) is 6.18. The Bertz CT molecular complexity index is 1220. The summed E-state index contributed by atoms with van der Waals surface area (Å²) in [6, 6.07) is 24.0. The zero-order valence-electron chi connectivity index (χ0n) is 21.4. The predicted octanol–water partition coefficient (Wildman–Crippen LogP) is 8.67. The summed E-state index contributed by atoms with van der Waals surface area (Å²) < 4.78 is 0. The monoisotopic (exact) mass is 447 g/mol. The molecule has 1 heteroatoms. The second kappa shape index (κ2) is 11.6. The van der Waals surface area contributed by atoms with Crippen LogP contribution in [0.1, 0.15) is 52.3 Å². The van der Waals surface area contributed by atoms with Crippen molar-refractivity contribution in [2.45, 2.75) is 47.5 Å². The largest absolute Gasteiger partial charge is 0.288 e. The highest BCUT2D eigenvalue weighted by atomic mass is 14.7. The molecule has 0 unspecified atom stereocenters. The molecular weight excluding hydrogens is 410 g/mol. The molecule has 0 saturated heterocycles. The van der Waals surface area contributed by atoms with Crippen molar-refractivity contribution in [1.29, 1.82) is 0 Å². The van der Waals surface area contributed by atoms with Crippen LogP contribution in [0.4, 0.5) is 0 Å². The number of allylic oxidation sites excluding steroid dienone is 3. The van der Waals surface area contributed by atoms with Crippen LogP contribution in [0.2, 0.25) is 0 Å². The maximum absolute atomic E-state index is 4.84. The van der Waals surface area contributed by atoms with Gasteiger partial charge in [0.1, 0.15) is 0 Å². The van der Waals surface area contributed by atoms with Crippen LogP contribution in [0.25, 0.3) is 11.1 Å². The molecule has 1 nitrogen and oxygen atoms in total. The van der Waals surface area contributed by atoms with Crippen LogP contribution >= 0.6 is 0 Å². The Morgan fingerprint density at radius 2 is 1.32 bits per heavy atom. The maximum atomic E-state index is 4.84. The molecule has 0 N–H and O–H groups in total. The summed E-state index contributed by atoms with van der Waals surface area (Å²) in [6.45, 7) is 19.8. The van der Waals surface area contributed by atoms with Crippen LogP contribution in [-0.4, -0.2) is 12.8 Å². The SMILES string of the molecule is C=C(CCc1ccc(C)cc1C)CN=C/C(=C(\C(=C)C)c1ccc(C)cc1)c1ccc(C)cc1. The predicted molar refractivity (Wildman–Crippen MR) is 151 cm³/mol. The van der Waals surface area contributed by atoms with Crippen LogP contribution in [-0.2, 0) is 6.42 Å². The molecule has 174 valence electrons. The van der Waals surface area contributed by atoms with Gasteiger partial charge in [-0.05, 0) is 80.9 Å². The average Bonchev–Trinajstić information content (AvgIpc) is 2.79. The van der Waals surface area contributed by atoms with Crippen molar-refractivity contribution in [2.24, 2.45) is 4.99 Å². The van der Waals surface area contributed by atoms with Gasteiger partial charge >= 0.3 is 0 Å². The molecule has 34 heavy (non-hydrogen) atoms. The molecule has 0 aliphatic heterocycles. The highest BCUT2D eigenvalue weighted by molar-refractivity contribution is 6.21. The minimum atomic E-state index is 0.623. The van der Waals surface area contributed by atoms with Crippen molar-refractivity contribution in [2.75, 3.05) is 6.54 Å². The molecule has 0 aromatic heterocycles. The molecule has 3 aromatic rings. The van der Waals surface area contributed by atoms with E-state index in [1.165, 1.54) is 27.8 Å². The summed E-state index contributed by atoms with van der Waals surface area (Å²) in [5, 5.41) is 0. The first-order chi connectivity index (χ1) is 16.2. The van der Waals surface area contributed by atoms with E-state index in [1.807, 2.05) is 6.21 Å². The number of aryl methyl sites for hydroxylation is 5. The smallest absolute Gasteiger partial charge is 0.0597 e. The molecule has 0 amide bonds. The summed E-state index contributed by atoms with van der Waals surface area (Å²) in [5.74, 6) is 0. The molecule has 3 aromatic carbocycles. The number of aliphatic imine (C=N–C) groups is 1. The lowest BCUT2D eigenvalue weighted by molar-refractivity contribution is 0.902. The van der Waals surface area contributed by atoms with Crippen LogP contribution in [0.3, 0.4) is 0 Å². The standard InChI is InChI=1S/C33H37N/c1-23(2)33(31-18-10-25(4)11-19-31)32(30-16-8-24(3)9-17-30)22-34-21-27(6)13-15-29-14-12-26(5)20-28(29)7/h8-12,14,16-20,22H,1,6,13,15,21H2,2-5,7H3/b33-32-,34-22?. The Morgan fingerprint density at radius 3 is 1.88 bits per heavy atom. The van der Waals surface area contributed by atoms with Crippen LogP contribution in [0.15, 0.2) is 96.0 Å². The van der Waals surface area contributed by atoms with Gasteiger partial charge in [-0.1, -0.05) is 102 Å². The van der Waals surface area contributed by atoms with Crippen molar-refractivity contribution >= 4 is 17.4 Å². The Balaban J connectivity index is 1.85. The van der Waals surface area contributed by atoms with Crippen molar-refractivity contribution in [3.63, 3.8) is 0 Å². The first kappa shape index (κ1) is 25.2. The van der Waals surface area contributed by atoms with Crippen LogP contribution in [0, 0.1) is 27.7 Å². The minimum absolute atomic E-state index is 0.623. The van der Waals surface area contributed by atoms with Crippen LogP contribution in [0.5, 0.6) is 0 Å². The van der Waals surface area contributed by atoms with E-state index >= 15 is 0 Å². The second-order valence-corrected chi connectivity index (χ2v) is 9.45. The lowest BCUT2D eigenvalue weighted by atomic mass is 9.90. The van der Waals surface area contributed by atoms with E-state index in [2.05, 4.69) is 115 Å². The molecule has 0 aliphatic carbocycles. The topological polar surface area (TPSA) is 12.4 Å². The van der Waals surface area contributed by atoms with E-state index in [0.717, 1.165) is 46.3 Å². The Kier molecular flexibility index (Phi) is 8.60. The maximum Gasteiger partial charge on any atom is 0.0597 e. The lowest BCUT2D eigenvalue weighted by Gasteiger charge is -2.15. The highest BCUT2D eigenvalue weighted by Crippen LogP contribution is 2.31. The van der Waals surface area contributed by atoms with Gasteiger partial charge in [-0.15, -0.1) is 0 Å². The Labute approximate surface area is 206 Å². The molecule has 0 heterocycles. The summed E-state index contributed by atoms with van der Waals surface area (Å²) >= 11 is 0. The molecular formula is C33H37N. The average molecular weight is 448 g/mol. The molecule has 0 atom stereocenters. The lowest BCUT2D eigenvalue weighted by Crippen LogP contribution is -1.98. The number of rotatable bonds is 9. The van der Waals surface area contributed by atoms with Gasteiger partial charge in [0.05, 0.1) is 6.54 Å². The van der Waals surface area contributed by atoms with Gasteiger partial charge in [0.2, 0.25) is 0 Å². The van der Waals surface area contributed by atoms with Crippen molar-refractivity contribution in [1.82, 2.24) is 0 Å². The highest BCUT2D eigenvalue weighted by Gasteiger charge is 2.12. The molecule has 3 rings (SSSR count). The summed E-state index contributed by atoms with van der Waals surface area (Å²) in [6.07, 6.45) is 3.95.